The SMILES string of the molecule is CCOC(=O)C1=C(CC)NC2=C(C(=O)CC(C)(C)C2)C1c1ccc(-c2ccccc2)nc1. The van der Waals surface area contributed by atoms with Crippen LogP contribution in [0.5, 0.6) is 0 Å². The number of carbonyl (C=O) groups is 2. The molecule has 2 heterocycles. The van der Waals surface area contributed by atoms with E-state index in [9.17, 15) is 9.59 Å². The molecule has 1 atom stereocenters. The molecule has 0 radical (unpaired) electrons. The number of hydrogen-bond acceptors (Lipinski definition) is 5. The van der Waals surface area contributed by atoms with E-state index in [1.54, 1.807) is 13.1 Å². The zero-order valence-electron chi connectivity index (χ0n) is 19.2. The summed E-state index contributed by atoms with van der Waals surface area (Å²) in [6.45, 7) is 8.31. The van der Waals surface area contributed by atoms with Gasteiger partial charge in [0, 0.05) is 41.1 Å². The maximum Gasteiger partial charge on any atom is 0.336 e. The number of pyridine rings is 1. The first kappa shape index (κ1) is 22.0. The third kappa shape index (κ3) is 4.12. The lowest BCUT2D eigenvalue weighted by molar-refractivity contribution is -0.138. The lowest BCUT2D eigenvalue weighted by Gasteiger charge is -2.39. The Hall–Kier alpha value is -3.21. The van der Waals surface area contributed by atoms with Gasteiger partial charge >= 0.3 is 5.97 Å². The van der Waals surface area contributed by atoms with E-state index in [0.29, 0.717) is 24.0 Å². The average molecular weight is 431 g/mol. The Morgan fingerprint density at radius 3 is 2.50 bits per heavy atom. The van der Waals surface area contributed by atoms with Crippen LogP contribution in [0.2, 0.25) is 0 Å². The quantitative estimate of drug-likeness (QED) is 0.652. The van der Waals surface area contributed by atoms with E-state index in [1.807, 2.05) is 49.4 Å². The van der Waals surface area contributed by atoms with Gasteiger partial charge in [-0.05, 0) is 36.8 Å². The van der Waals surface area contributed by atoms with Gasteiger partial charge in [0.1, 0.15) is 0 Å². The van der Waals surface area contributed by atoms with Gasteiger partial charge in [-0.25, -0.2) is 4.79 Å². The highest BCUT2D eigenvalue weighted by molar-refractivity contribution is 6.04. The van der Waals surface area contributed by atoms with E-state index < -0.39 is 5.92 Å². The maximum atomic E-state index is 13.3. The van der Waals surface area contributed by atoms with Gasteiger partial charge in [0.15, 0.2) is 5.78 Å². The number of benzene rings is 1. The second-order valence-electron chi connectivity index (χ2n) is 9.20. The van der Waals surface area contributed by atoms with Crippen LogP contribution in [0.1, 0.15) is 58.4 Å². The van der Waals surface area contributed by atoms with Crippen molar-refractivity contribution < 1.29 is 14.3 Å². The van der Waals surface area contributed by atoms with Crippen LogP contribution in [0.3, 0.4) is 0 Å². The number of carbonyl (C=O) groups excluding carboxylic acids is 2. The number of nitrogens with one attached hydrogen (secondary N) is 1. The largest absolute Gasteiger partial charge is 0.463 e. The summed E-state index contributed by atoms with van der Waals surface area (Å²) in [4.78, 5) is 31.1. The van der Waals surface area contributed by atoms with Crippen molar-refractivity contribution in [3.8, 4) is 11.3 Å². The van der Waals surface area contributed by atoms with E-state index in [2.05, 4.69) is 24.1 Å². The third-order valence-electron chi connectivity index (χ3n) is 6.16. The summed E-state index contributed by atoms with van der Waals surface area (Å²) in [5.41, 5.74) is 5.54. The molecule has 5 heteroatoms. The van der Waals surface area contributed by atoms with Crippen molar-refractivity contribution in [1.29, 1.82) is 0 Å². The van der Waals surface area contributed by atoms with E-state index in [0.717, 1.165) is 34.6 Å². The molecule has 1 aromatic carbocycles. The zero-order valence-corrected chi connectivity index (χ0v) is 19.2. The van der Waals surface area contributed by atoms with Crippen molar-refractivity contribution >= 4 is 11.8 Å². The number of esters is 1. The predicted molar refractivity (Wildman–Crippen MR) is 125 cm³/mol. The number of rotatable bonds is 5. The highest BCUT2D eigenvalue weighted by Gasteiger charge is 2.43. The van der Waals surface area contributed by atoms with Gasteiger partial charge in [-0.3, -0.25) is 9.78 Å². The Bertz CT molecular complexity index is 1100. The predicted octanol–water partition coefficient (Wildman–Crippen LogP) is 5.31. The van der Waals surface area contributed by atoms with Gasteiger partial charge < -0.3 is 10.1 Å². The number of dihydropyridines is 1. The summed E-state index contributed by atoms with van der Waals surface area (Å²) < 4.78 is 5.42. The smallest absolute Gasteiger partial charge is 0.336 e. The molecule has 166 valence electrons. The molecule has 0 saturated carbocycles. The van der Waals surface area contributed by atoms with E-state index in [-0.39, 0.29) is 23.8 Å². The van der Waals surface area contributed by atoms with E-state index in [1.165, 1.54) is 0 Å². The van der Waals surface area contributed by atoms with Gasteiger partial charge in [-0.2, -0.15) is 0 Å². The molecule has 1 aliphatic heterocycles. The normalized spacial score (nSPS) is 20.0. The molecule has 32 heavy (non-hydrogen) atoms. The first-order chi connectivity index (χ1) is 15.3. The van der Waals surface area contributed by atoms with Crippen LogP contribution in [0.4, 0.5) is 0 Å². The molecule has 0 spiro atoms. The molecule has 0 amide bonds. The average Bonchev–Trinajstić information content (AvgIpc) is 2.77. The highest BCUT2D eigenvalue weighted by atomic mass is 16.5. The number of ether oxygens (including phenoxy) is 1. The molecule has 2 aromatic rings. The first-order valence-electron chi connectivity index (χ1n) is 11.3. The lowest BCUT2D eigenvalue weighted by Crippen LogP contribution is -2.39. The van der Waals surface area contributed by atoms with Gasteiger partial charge in [0.2, 0.25) is 0 Å². The Kier molecular flexibility index (Phi) is 6.00. The maximum absolute atomic E-state index is 13.3. The second kappa shape index (κ2) is 8.73. The molecule has 5 nitrogen and oxygen atoms in total. The fraction of sp³-hybridized carbons (Fsp3) is 0.370. The standard InChI is InChI=1S/C27H30N2O3/c1-5-19-25(26(31)32-6-2)23(24-21(29-19)14-27(3,4)15-22(24)30)18-12-13-20(28-16-18)17-10-8-7-9-11-17/h7-13,16,23,29H,5-6,14-15H2,1-4H3. The summed E-state index contributed by atoms with van der Waals surface area (Å²) in [5, 5.41) is 3.43. The summed E-state index contributed by atoms with van der Waals surface area (Å²) in [7, 11) is 0. The minimum absolute atomic E-state index is 0.0813. The van der Waals surface area contributed by atoms with Crippen molar-refractivity contribution in [3.63, 3.8) is 0 Å². The third-order valence-corrected chi connectivity index (χ3v) is 6.16. The summed E-state index contributed by atoms with van der Waals surface area (Å²) in [6, 6.07) is 13.9. The van der Waals surface area contributed by atoms with Crippen molar-refractivity contribution in [3.05, 3.63) is 76.8 Å². The van der Waals surface area contributed by atoms with Crippen molar-refractivity contribution in [2.45, 2.75) is 52.9 Å². The van der Waals surface area contributed by atoms with Crippen molar-refractivity contribution in [2.75, 3.05) is 6.61 Å². The van der Waals surface area contributed by atoms with Gasteiger partial charge in [0.05, 0.1) is 17.9 Å². The minimum atomic E-state index is -0.471. The molecule has 1 N–H and O–H groups in total. The molecule has 2 aliphatic rings. The Morgan fingerprint density at radius 1 is 1.12 bits per heavy atom. The van der Waals surface area contributed by atoms with Crippen LogP contribution in [-0.2, 0) is 14.3 Å². The molecular weight excluding hydrogens is 400 g/mol. The van der Waals surface area contributed by atoms with Crippen LogP contribution >= 0.6 is 0 Å². The Morgan fingerprint density at radius 2 is 1.88 bits per heavy atom. The van der Waals surface area contributed by atoms with Crippen molar-refractivity contribution in [2.24, 2.45) is 5.41 Å². The zero-order chi connectivity index (χ0) is 22.9. The summed E-state index contributed by atoms with van der Waals surface area (Å²) in [6.07, 6.45) is 3.66. The van der Waals surface area contributed by atoms with Crippen LogP contribution in [0, 0.1) is 5.41 Å². The Balaban J connectivity index is 1.84. The minimum Gasteiger partial charge on any atom is -0.463 e. The lowest BCUT2D eigenvalue weighted by atomic mass is 9.68. The van der Waals surface area contributed by atoms with Crippen LogP contribution in [0.15, 0.2) is 71.2 Å². The topological polar surface area (TPSA) is 68.3 Å². The number of Topliss-reactive ketones (excluding diaryl/α,β-unsaturated/α-hetero) is 1. The molecule has 1 aromatic heterocycles. The van der Waals surface area contributed by atoms with Crippen LogP contribution < -0.4 is 5.32 Å². The summed E-state index contributed by atoms with van der Waals surface area (Å²) in [5.74, 6) is -0.766. The molecule has 0 fully saturated rings. The number of aromatic nitrogens is 1. The Labute approximate surface area is 189 Å². The van der Waals surface area contributed by atoms with E-state index in [4.69, 9.17) is 4.74 Å². The van der Waals surface area contributed by atoms with Gasteiger partial charge in [-0.15, -0.1) is 0 Å². The first-order valence-corrected chi connectivity index (χ1v) is 11.3. The molecule has 0 bridgehead atoms. The van der Waals surface area contributed by atoms with Crippen LogP contribution in [-0.4, -0.2) is 23.3 Å². The number of nitrogens with zero attached hydrogens (tertiary/aromatic N) is 1. The molecule has 4 rings (SSSR count). The molecule has 0 saturated heterocycles. The molecule has 1 unspecified atom stereocenters. The monoisotopic (exact) mass is 430 g/mol. The van der Waals surface area contributed by atoms with Crippen LogP contribution in [0.25, 0.3) is 11.3 Å². The second-order valence-corrected chi connectivity index (χ2v) is 9.20. The fourth-order valence-corrected chi connectivity index (χ4v) is 4.77. The molecular formula is C27H30N2O3. The number of hydrogen-bond donors (Lipinski definition) is 1. The van der Waals surface area contributed by atoms with Gasteiger partial charge in [-0.1, -0.05) is 57.2 Å². The van der Waals surface area contributed by atoms with Crippen molar-refractivity contribution in [1.82, 2.24) is 10.3 Å². The molecule has 1 aliphatic carbocycles. The fourth-order valence-electron chi connectivity index (χ4n) is 4.77. The van der Waals surface area contributed by atoms with E-state index >= 15 is 0 Å². The van der Waals surface area contributed by atoms with Gasteiger partial charge in [0.25, 0.3) is 0 Å². The highest BCUT2D eigenvalue weighted by Crippen LogP contribution is 2.47. The number of allylic oxidation sites excluding steroid dienone is 3. The number of ketones is 1. The summed E-state index contributed by atoms with van der Waals surface area (Å²) >= 11 is 0.